The third kappa shape index (κ3) is 3.79. The van der Waals surface area contributed by atoms with Gasteiger partial charge in [-0.3, -0.25) is 0 Å². The molecule has 1 saturated carbocycles. The summed E-state index contributed by atoms with van der Waals surface area (Å²) in [6.07, 6.45) is 6.62. The van der Waals surface area contributed by atoms with E-state index in [2.05, 4.69) is 26.2 Å². The molecule has 0 bridgehead atoms. The van der Waals surface area contributed by atoms with Crippen molar-refractivity contribution in [2.45, 2.75) is 70.8 Å². The van der Waals surface area contributed by atoms with E-state index in [1.54, 1.807) is 11.3 Å². The third-order valence-electron chi connectivity index (χ3n) is 3.79. The van der Waals surface area contributed by atoms with Crippen LogP contribution in [0.5, 0.6) is 0 Å². The number of nitrogens with zero attached hydrogens (tertiary/aromatic N) is 1. The second-order valence-electron chi connectivity index (χ2n) is 6.62. The molecule has 0 saturated heterocycles. The van der Waals surface area contributed by atoms with E-state index in [-0.39, 0.29) is 11.5 Å². The average Bonchev–Trinajstić information content (AvgIpc) is 2.63. The molecule has 18 heavy (non-hydrogen) atoms. The van der Waals surface area contributed by atoms with Gasteiger partial charge in [-0.2, -0.15) is 0 Å². The third-order valence-corrected chi connectivity index (χ3v) is 4.66. The number of aromatic nitrogens is 1. The normalized spacial score (nSPS) is 26.0. The molecule has 2 nitrogen and oxygen atoms in total. The van der Waals surface area contributed by atoms with E-state index in [1.807, 2.05) is 0 Å². The summed E-state index contributed by atoms with van der Waals surface area (Å²) in [6, 6.07) is 0. The first-order chi connectivity index (χ1) is 8.45. The molecule has 1 aliphatic rings. The Labute approximate surface area is 114 Å². The molecule has 2 atom stereocenters. The molecule has 1 aliphatic carbocycles. The molecule has 1 N–H and O–H groups in total. The largest absolute Gasteiger partial charge is 0.393 e. The number of hydrogen-bond donors (Lipinski definition) is 1. The maximum atomic E-state index is 9.86. The highest BCUT2D eigenvalue weighted by atomic mass is 32.1. The summed E-state index contributed by atoms with van der Waals surface area (Å²) < 4.78 is 0. The van der Waals surface area contributed by atoms with Crippen LogP contribution in [0.1, 0.15) is 63.6 Å². The monoisotopic (exact) mass is 267 g/mol. The summed E-state index contributed by atoms with van der Waals surface area (Å²) in [5, 5.41) is 13.3. The fourth-order valence-corrected chi connectivity index (χ4v) is 3.75. The fraction of sp³-hybridized carbons (Fsp3) is 0.800. The predicted octanol–water partition coefficient (Wildman–Crippen LogP) is 3.92. The second kappa shape index (κ2) is 5.70. The van der Waals surface area contributed by atoms with Gasteiger partial charge in [0.25, 0.3) is 0 Å². The first-order valence-electron chi connectivity index (χ1n) is 7.08. The maximum Gasteiger partial charge on any atom is 0.0931 e. The van der Waals surface area contributed by atoms with Gasteiger partial charge >= 0.3 is 0 Å². The van der Waals surface area contributed by atoms with E-state index >= 15 is 0 Å². The van der Waals surface area contributed by atoms with Gasteiger partial charge in [0.1, 0.15) is 0 Å². The van der Waals surface area contributed by atoms with E-state index in [0.717, 1.165) is 19.3 Å². The molecular formula is C15H25NOS. The van der Waals surface area contributed by atoms with Crippen molar-refractivity contribution < 1.29 is 5.11 Å². The number of rotatable bonds is 2. The zero-order valence-corrected chi connectivity index (χ0v) is 12.6. The molecule has 3 heteroatoms. The topological polar surface area (TPSA) is 33.1 Å². The standard InChI is InChI=1S/C15H25NOS/c1-15(2,3)13-10-18-14(16-13)9-11-6-4-5-7-12(17)8-11/h10-12,17H,4-9H2,1-3H3. The highest BCUT2D eigenvalue weighted by molar-refractivity contribution is 7.09. The first kappa shape index (κ1) is 14.0. The Morgan fingerprint density at radius 3 is 2.72 bits per heavy atom. The highest BCUT2D eigenvalue weighted by Crippen LogP contribution is 2.29. The van der Waals surface area contributed by atoms with E-state index in [0.29, 0.717) is 5.92 Å². The van der Waals surface area contributed by atoms with E-state index < -0.39 is 0 Å². The smallest absolute Gasteiger partial charge is 0.0931 e. The molecular weight excluding hydrogens is 242 g/mol. The van der Waals surface area contributed by atoms with Crippen molar-refractivity contribution in [1.29, 1.82) is 0 Å². The van der Waals surface area contributed by atoms with Gasteiger partial charge < -0.3 is 5.11 Å². The molecule has 2 unspecified atom stereocenters. The minimum absolute atomic E-state index is 0.0838. The van der Waals surface area contributed by atoms with Gasteiger partial charge in [-0.05, 0) is 25.2 Å². The first-order valence-corrected chi connectivity index (χ1v) is 7.96. The Hall–Kier alpha value is -0.410. The van der Waals surface area contributed by atoms with Gasteiger partial charge in [-0.15, -0.1) is 11.3 Å². The highest BCUT2D eigenvalue weighted by Gasteiger charge is 2.22. The SMILES string of the molecule is CC(C)(C)c1csc(CC2CCCCC(O)C2)n1. The molecule has 102 valence electrons. The number of aliphatic hydroxyl groups is 1. The molecule has 0 aliphatic heterocycles. The van der Waals surface area contributed by atoms with Crippen molar-refractivity contribution in [2.75, 3.05) is 0 Å². The van der Waals surface area contributed by atoms with Crippen LogP contribution in [0.2, 0.25) is 0 Å². The van der Waals surface area contributed by atoms with Crippen LogP contribution in [0.25, 0.3) is 0 Å². The Kier molecular flexibility index (Phi) is 4.44. The zero-order chi connectivity index (χ0) is 13.2. The quantitative estimate of drug-likeness (QED) is 0.824. The van der Waals surface area contributed by atoms with Crippen molar-refractivity contribution in [3.05, 3.63) is 16.1 Å². The van der Waals surface area contributed by atoms with Crippen molar-refractivity contribution in [2.24, 2.45) is 5.92 Å². The minimum Gasteiger partial charge on any atom is -0.393 e. The van der Waals surface area contributed by atoms with Crippen molar-refractivity contribution >= 4 is 11.3 Å². The molecule has 0 radical (unpaired) electrons. The number of aliphatic hydroxyl groups excluding tert-OH is 1. The van der Waals surface area contributed by atoms with Crippen LogP contribution in [0.4, 0.5) is 0 Å². The Balaban J connectivity index is 1.98. The maximum absolute atomic E-state index is 9.86. The van der Waals surface area contributed by atoms with Crippen molar-refractivity contribution in [3.63, 3.8) is 0 Å². The number of thiazole rings is 1. The summed E-state index contributed by atoms with van der Waals surface area (Å²) in [5.41, 5.74) is 1.36. The van der Waals surface area contributed by atoms with E-state index in [9.17, 15) is 5.11 Å². The Bertz CT molecular complexity index is 380. The van der Waals surface area contributed by atoms with Crippen LogP contribution in [0.15, 0.2) is 5.38 Å². The summed E-state index contributed by atoms with van der Waals surface area (Å²) in [5.74, 6) is 0.626. The van der Waals surface area contributed by atoms with E-state index in [4.69, 9.17) is 4.98 Å². The van der Waals surface area contributed by atoms with Gasteiger partial charge in [0.05, 0.1) is 16.8 Å². The molecule has 0 aromatic carbocycles. The van der Waals surface area contributed by atoms with Crippen LogP contribution in [-0.2, 0) is 11.8 Å². The van der Waals surface area contributed by atoms with Crippen molar-refractivity contribution in [3.8, 4) is 0 Å². The second-order valence-corrected chi connectivity index (χ2v) is 7.56. The molecule has 2 rings (SSSR count). The Morgan fingerprint density at radius 1 is 1.33 bits per heavy atom. The predicted molar refractivity (Wildman–Crippen MR) is 77.1 cm³/mol. The lowest BCUT2D eigenvalue weighted by molar-refractivity contribution is 0.141. The molecule has 0 amide bonds. The fourth-order valence-electron chi connectivity index (χ4n) is 2.61. The molecule has 0 spiro atoms. The van der Waals surface area contributed by atoms with Crippen LogP contribution >= 0.6 is 11.3 Å². The molecule has 1 aromatic rings. The summed E-state index contributed by atoms with van der Waals surface area (Å²) in [7, 11) is 0. The Morgan fingerprint density at radius 2 is 2.06 bits per heavy atom. The van der Waals surface area contributed by atoms with Crippen molar-refractivity contribution in [1.82, 2.24) is 4.98 Å². The lowest BCUT2D eigenvalue weighted by Crippen LogP contribution is -2.14. The van der Waals surface area contributed by atoms with E-state index in [1.165, 1.54) is 30.0 Å². The van der Waals surface area contributed by atoms with Crippen LogP contribution in [0.3, 0.4) is 0 Å². The van der Waals surface area contributed by atoms with Gasteiger partial charge in [-0.25, -0.2) is 4.98 Å². The zero-order valence-electron chi connectivity index (χ0n) is 11.8. The average molecular weight is 267 g/mol. The summed E-state index contributed by atoms with van der Waals surface area (Å²) in [4.78, 5) is 4.77. The molecule has 1 heterocycles. The molecule has 1 aromatic heterocycles. The van der Waals surface area contributed by atoms with Crippen LogP contribution < -0.4 is 0 Å². The summed E-state index contributed by atoms with van der Waals surface area (Å²) >= 11 is 1.79. The number of hydrogen-bond acceptors (Lipinski definition) is 3. The van der Waals surface area contributed by atoms with Crippen LogP contribution in [-0.4, -0.2) is 16.2 Å². The van der Waals surface area contributed by atoms with Gasteiger partial charge in [-0.1, -0.05) is 33.6 Å². The molecule has 1 fully saturated rings. The van der Waals surface area contributed by atoms with Crippen LogP contribution in [0, 0.1) is 5.92 Å². The minimum atomic E-state index is -0.0838. The van der Waals surface area contributed by atoms with Gasteiger partial charge in [0.2, 0.25) is 0 Å². The van der Waals surface area contributed by atoms with Gasteiger partial charge in [0.15, 0.2) is 0 Å². The lowest BCUT2D eigenvalue weighted by Gasteiger charge is -2.16. The lowest BCUT2D eigenvalue weighted by atomic mass is 9.93. The summed E-state index contributed by atoms with van der Waals surface area (Å²) in [6.45, 7) is 6.63. The van der Waals surface area contributed by atoms with Gasteiger partial charge in [0, 0.05) is 17.2 Å².